The summed E-state index contributed by atoms with van der Waals surface area (Å²) in [4.78, 5) is 31.0. The minimum absolute atomic E-state index is 0.00181. The molecule has 1 aliphatic rings. The maximum absolute atomic E-state index is 14.5. The molecule has 0 saturated heterocycles. The lowest BCUT2D eigenvalue weighted by Gasteiger charge is -2.20. The predicted octanol–water partition coefficient (Wildman–Crippen LogP) is 6.22. The van der Waals surface area contributed by atoms with E-state index in [4.69, 9.17) is 23.2 Å². The van der Waals surface area contributed by atoms with Crippen LogP contribution in [0.25, 0.3) is 6.08 Å². The molecule has 0 unspecified atom stereocenters. The Bertz CT molecular complexity index is 1080. The average molecular weight is 465 g/mol. The summed E-state index contributed by atoms with van der Waals surface area (Å²) in [5.41, 5.74) is 0.288. The van der Waals surface area contributed by atoms with Crippen LogP contribution in [0.1, 0.15) is 26.3 Å². The third kappa shape index (κ3) is 4.94. The Morgan fingerprint density at radius 3 is 2.50 bits per heavy atom. The zero-order valence-electron chi connectivity index (χ0n) is 16.6. The Balaban J connectivity index is 1.99. The number of thioether (sulfide) groups is 1. The molecule has 0 atom stereocenters. The molecular weight excluding hydrogens is 446 g/mol. The number of anilines is 1. The van der Waals surface area contributed by atoms with Crippen molar-refractivity contribution in [1.29, 1.82) is 0 Å². The second kappa shape index (κ2) is 8.92. The van der Waals surface area contributed by atoms with Gasteiger partial charge in [-0.3, -0.25) is 14.5 Å². The molecule has 0 radical (unpaired) electrons. The molecular formula is C22H19Cl2FN2O2S. The number of hydrogen-bond acceptors (Lipinski definition) is 4. The van der Waals surface area contributed by atoms with Crippen LogP contribution in [-0.2, 0) is 9.59 Å². The van der Waals surface area contributed by atoms with Crippen molar-refractivity contribution >= 4 is 63.6 Å². The molecule has 0 bridgehead atoms. The smallest absolute Gasteiger partial charge is 0.283 e. The number of ketones is 1. The first-order valence-corrected chi connectivity index (χ1v) is 10.8. The third-order valence-electron chi connectivity index (χ3n) is 4.34. The second-order valence-corrected chi connectivity index (χ2v) is 9.41. The fraction of sp³-hybridized carbons (Fsp3) is 0.227. The van der Waals surface area contributed by atoms with Crippen LogP contribution >= 0.6 is 35.0 Å². The van der Waals surface area contributed by atoms with E-state index in [1.54, 1.807) is 36.4 Å². The van der Waals surface area contributed by atoms with Gasteiger partial charge in [0.15, 0.2) is 5.17 Å². The number of amides is 1. The highest BCUT2D eigenvalue weighted by Gasteiger charge is 2.34. The fourth-order valence-electron chi connectivity index (χ4n) is 2.55. The van der Waals surface area contributed by atoms with Crippen LogP contribution in [0.3, 0.4) is 0 Å². The first-order chi connectivity index (χ1) is 14.1. The topological polar surface area (TPSA) is 49.7 Å². The Labute approximate surface area is 188 Å². The Hall–Kier alpha value is -2.15. The quantitative estimate of drug-likeness (QED) is 0.504. The molecule has 2 aromatic rings. The van der Waals surface area contributed by atoms with Gasteiger partial charge in [0, 0.05) is 5.41 Å². The largest absolute Gasteiger partial charge is 0.298 e. The SMILES string of the molecule is CC(C)(C)C(=O)CSC1=NC(=Cc2ccc(Cl)c(Cl)c2)C(=O)N1c1ccccc1F. The van der Waals surface area contributed by atoms with Gasteiger partial charge >= 0.3 is 0 Å². The van der Waals surface area contributed by atoms with E-state index in [1.807, 2.05) is 20.8 Å². The fourth-order valence-corrected chi connectivity index (χ4v) is 4.02. The number of benzene rings is 2. The van der Waals surface area contributed by atoms with Gasteiger partial charge in [0.2, 0.25) is 0 Å². The monoisotopic (exact) mass is 464 g/mol. The normalized spacial score (nSPS) is 15.7. The molecule has 0 fully saturated rings. The molecule has 0 saturated carbocycles. The molecule has 30 heavy (non-hydrogen) atoms. The van der Waals surface area contributed by atoms with Gasteiger partial charge in [-0.15, -0.1) is 0 Å². The van der Waals surface area contributed by atoms with Gasteiger partial charge in [0.1, 0.15) is 17.3 Å². The van der Waals surface area contributed by atoms with E-state index < -0.39 is 17.1 Å². The van der Waals surface area contributed by atoms with Crippen molar-refractivity contribution < 1.29 is 14.0 Å². The summed E-state index contributed by atoms with van der Waals surface area (Å²) >= 11 is 13.1. The van der Waals surface area contributed by atoms with E-state index in [0.717, 1.165) is 11.8 Å². The number of para-hydroxylation sites is 1. The van der Waals surface area contributed by atoms with Crippen molar-refractivity contribution in [3.63, 3.8) is 0 Å². The molecule has 156 valence electrons. The van der Waals surface area contributed by atoms with Gasteiger partial charge in [-0.1, -0.05) is 73.9 Å². The average Bonchev–Trinajstić information content (AvgIpc) is 2.97. The number of aliphatic imine (C=N–C) groups is 1. The first kappa shape index (κ1) is 22.5. The van der Waals surface area contributed by atoms with E-state index >= 15 is 0 Å². The summed E-state index contributed by atoms with van der Waals surface area (Å²) < 4.78 is 14.5. The number of amidine groups is 1. The summed E-state index contributed by atoms with van der Waals surface area (Å²) in [6, 6.07) is 10.9. The standard InChI is InChI=1S/C22H19Cl2FN2O2S/c1-22(2,3)19(28)12-30-21-26-17(11-13-8-9-14(23)15(24)10-13)20(29)27(21)18-7-5-4-6-16(18)25/h4-11H,12H2,1-3H3. The number of Topliss-reactive ketones (excluding diaryl/α,β-unsaturated/α-hetero) is 1. The first-order valence-electron chi connectivity index (χ1n) is 9.08. The molecule has 0 aliphatic carbocycles. The van der Waals surface area contributed by atoms with Crippen molar-refractivity contribution in [2.45, 2.75) is 20.8 Å². The summed E-state index contributed by atoms with van der Waals surface area (Å²) in [6.07, 6.45) is 1.55. The van der Waals surface area contributed by atoms with Crippen LogP contribution in [0.15, 0.2) is 53.2 Å². The number of carbonyl (C=O) groups excluding carboxylic acids is 2. The van der Waals surface area contributed by atoms with Crippen molar-refractivity contribution in [1.82, 2.24) is 0 Å². The number of hydrogen-bond donors (Lipinski definition) is 0. The Kier molecular flexibility index (Phi) is 6.70. The molecule has 8 heteroatoms. The maximum Gasteiger partial charge on any atom is 0.283 e. The minimum atomic E-state index is -0.558. The van der Waals surface area contributed by atoms with E-state index in [1.165, 1.54) is 17.0 Å². The van der Waals surface area contributed by atoms with Crippen LogP contribution in [0.2, 0.25) is 10.0 Å². The van der Waals surface area contributed by atoms with Crippen LogP contribution in [0.4, 0.5) is 10.1 Å². The van der Waals surface area contributed by atoms with Crippen LogP contribution in [-0.4, -0.2) is 22.6 Å². The summed E-state index contributed by atoms with van der Waals surface area (Å²) in [5, 5.41) is 0.982. The molecule has 0 aromatic heterocycles. The highest BCUT2D eigenvalue weighted by molar-refractivity contribution is 8.14. The number of nitrogens with zero attached hydrogens (tertiary/aromatic N) is 2. The van der Waals surface area contributed by atoms with Crippen molar-refractivity contribution in [3.8, 4) is 0 Å². The predicted molar refractivity (Wildman–Crippen MR) is 123 cm³/mol. The highest BCUT2D eigenvalue weighted by atomic mass is 35.5. The van der Waals surface area contributed by atoms with Crippen molar-refractivity contribution in [2.24, 2.45) is 10.4 Å². The summed E-state index contributed by atoms with van der Waals surface area (Å²) in [6.45, 7) is 5.46. The highest BCUT2D eigenvalue weighted by Crippen LogP contribution is 2.32. The second-order valence-electron chi connectivity index (χ2n) is 7.65. The van der Waals surface area contributed by atoms with Gasteiger partial charge in [-0.05, 0) is 35.9 Å². The third-order valence-corrected chi connectivity index (χ3v) is 6.02. The Morgan fingerprint density at radius 2 is 1.87 bits per heavy atom. The molecule has 3 rings (SSSR count). The number of halogens is 3. The lowest BCUT2D eigenvalue weighted by Crippen LogP contribution is -2.32. The number of rotatable bonds is 4. The lowest BCUT2D eigenvalue weighted by atomic mass is 9.92. The lowest BCUT2D eigenvalue weighted by molar-refractivity contribution is -0.123. The van der Waals surface area contributed by atoms with Gasteiger partial charge in [0.25, 0.3) is 5.91 Å². The van der Waals surface area contributed by atoms with Gasteiger partial charge in [-0.25, -0.2) is 9.38 Å². The van der Waals surface area contributed by atoms with Crippen LogP contribution in [0, 0.1) is 11.2 Å². The molecule has 2 aromatic carbocycles. The summed E-state index contributed by atoms with van der Waals surface area (Å²) in [5.74, 6) is -0.937. The van der Waals surface area contributed by atoms with E-state index in [2.05, 4.69) is 4.99 Å². The summed E-state index contributed by atoms with van der Waals surface area (Å²) in [7, 11) is 0. The molecule has 1 amide bonds. The molecule has 0 spiro atoms. The van der Waals surface area contributed by atoms with Gasteiger partial charge < -0.3 is 0 Å². The van der Waals surface area contributed by atoms with E-state index in [-0.39, 0.29) is 28.1 Å². The molecule has 4 nitrogen and oxygen atoms in total. The van der Waals surface area contributed by atoms with E-state index in [0.29, 0.717) is 15.6 Å². The maximum atomic E-state index is 14.5. The van der Waals surface area contributed by atoms with Crippen LogP contribution in [0.5, 0.6) is 0 Å². The zero-order valence-corrected chi connectivity index (χ0v) is 18.9. The van der Waals surface area contributed by atoms with Crippen LogP contribution < -0.4 is 4.90 Å². The van der Waals surface area contributed by atoms with E-state index in [9.17, 15) is 14.0 Å². The number of carbonyl (C=O) groups is 2. The van der Waals surface area contributed by atoms with Gasteiger partial charge in [-0.2, -0.15) is 0 Å². The molecule has 0 N–H and O–H groups in total. The van der Waals surface area contributed by atoms with Crippen molar-refractivity contribution in [3.05, 3.63) is 69.6 Å². The molecule has 1 aliphatic heterocycles. The minimum Gasteiger partial charge on any atom is -0.298 e. The Morgan fingerprint density at radius 1 is 1.17 bits per heavy atom. The van der Waals surface area contributed by atoms with Gasteiger partial charge in [0.05, 0.1) is 21.5 Å². The van der Waals surface area contributed by atoms with Crippen molar-refractivity contribution in [2.75, 3.05) is 10.7 Å². The molecule has 1 heterocycles. The zero-order chi connectivity index (χ0) is 22.1.